The molecule has 0 radical (unpaired) electrons. The smallest absolute Gasteiger partial charge is 0.412 e. The van der Waals surface area contributed by atoms with Gasteiger partial charge in [0.25, 0.3) is 11.4 Å². The van der Waals surface area contributed by atoms with Crippen LogP contribution in [0.15, 0.2) is 120 Å². The number of nitro benzene ring substituents is 2. The van der Waals surface area contributed by atoms with Gasteiger partial charge in [0, 0.05) is 74.5 Å². The SMILES string of the molecule is C=CCOC12Oc3ccc(OC(=O)NCC)cc3C3C(CCCCO)C(CCCCO)C=C(C(=NOCc4ccc([N+](=O)[O-])cc4)CC1N(Cc1ccc4c(c1)OCO4)C(=O)C=Cc1ccc([N+](=O)[O-])cc1)C32. The van der Waals surface area contributed by atoms with Crippen LogP contribution in [0, 0.1) is 38.0 Å². The fourth-order valence-corrected chi connectivity index (χ4v) is 10.4. The van der Waals surface area contributed by atoms with Crippen LogP contribution in [-0.2, 0) is 27.5 Å². The lowest BCUT2D eigenvalue weighted by Crippen LogP contribution is -2.70. The molecule has 6 atom stereocenters. The molecular weight excluding hydrogens is 943 g/mol. The lowest BCUT2D eigenvalue weighted by molar-refractivity contribution is -0.385. The fraction of sp³-hybridized carbons (Fsp3) is 0.389. The number of rotatable bonds is 23. The Hall–Kier alpha value is -7.61. The summed E-state index contributed by atoms with van der Waals surface area (Å²) >= 11 is 0. The molecule has 2 aliphatic heterocycles. The molecule has 2 amide bonds. The number of nitrogens with zero attached hydrogens (tertiary/aromatic N) is 4. The van der Waals surface area contributed by atoms with Crippen LogP contribution in [0.25, 0.3) is 6.08 Å². The van der Waals surface area contributed by atoms with Crippen molar-refractivity contribution in [3.63, 3.8) is 0 Å². The Labute approximate surface area is 422 Å². The van der Waals surface area contributed by atoms with E-state index in [-0.39, 0.29) is 75.1 Å². The second-order valence-electron chi connectivity index (χ2n) is 18.2. The van der Waals surface area contributed by atoms with Crippen molar-refractivity contribution in [1.82, 2.24) is 10.2 Å². The van der Waals surface area contributed by atoms with Crippen LogP contribution < -0.4 is 24.3 Å². The first-order valence-corrected chi connectivity index (χ1v) is 24.5. The predicted octanol–water partition coefficient (Wildman–Crippen LogP) is 8.92. The molecule has 4 aliphatic rings. The quantitative estimate of drug-likeness (QED) is 0.0207. The maximum absolute atomic E-state index is 15.3. The third-order valence-corrected chi connectivity index (χ3v) is 13.7. The number of allylic oxidation sites excluding steroid dienone is 1. The molecule has 19 nitrogen and oxygen atoms in total. The molecule has 1 fully saturated rings. The fourth-order valence-electron chi connectivity index (χ4n) is 10.4. The van der Waals surface area contributed by atoms with E-state index < -0.39 is 45.5 Å². The number of hydrogen-bond acceptors (Lipinski definition) is 15. The van der Waals surface area contributed by atoms with Crippen molar-refractivity contribution in [1.29, 1.82) is 0 Å². The predicted molar refractivity (Wildman–Crippen MR) is 268 cm³/mol. The van der Waals surface area contributed by atoms with E-state index in [9.17, 15) is 35.2 Å². The maximum atomic E-state index is 15.3. The average molecular weight is 1000 g/mol. The highest BCUT2D eigenvalue weighted by molar-refractivity contribution is 6.03. The minimum atomic E-state index is -1.67. The molecule has 6 unspecified atom stereocenters. The van der Waals surface area contributed by atoms with Crippen molar-refractivity contribution in [3.8, 4) is 23.0 Å². The Kier molecular flexibility index (Phi) is 16.8. The van der Waals surface area contributed by atoms with Crippen molar-refractivity contribution >= 4 is 35.2 Å². The number of carbonyl (C=O) groups is 2. The first-order chi connectivity index (χ1) is 35.5. The molecule has 1 saturated carbocycles. The minimum absolute atomic E-state index is 0.00342. The molecule has 3 N–H and O–H groups in total. The third kappa shape index (κ3) is 11.7. The highest BCUT2D eigenvalue weighted by Gasteiger charge is 2.65. The monoisotopic (exact) mass is 1000 g/mol. The van der Waals surface area contributed by atoms with Crippen LogP contribution in [0.2, 0.25) is 0 Å². The second-order valence-corrected chi connectivity index (χ2v) is 18.2. The van der Waals surface area contributed by atoms with Crippen LogP contribution in [0.1, 0.15) is 80.0 Å². The zero-order chi connectivity index (χ0) is 51.5. The number of oxime groups is 1. The van der Waals surface area contributed by atoms with Crippen LogP contribution in [0.4, 0.5) is 16.2 Å². The molecule has 0 saturated heterocycles. The van der Waals surface area contributed by atoms with Gasteiger partial charge in [-0.1, -0.05) is 36.2 Å². The zero-order valence-corrected chi connectivity index (χ0v) is 40.5. The number of non-ortho nitro benzene ring substituents is 2. The molecule has 19 heteroatoms. The number of nitrogens with one attached hydrogen (secondary N) is 1. The van der Waals surface area contributed by atoms with Crippen molar-refractivity contribution in [2.24, 2.45) is 22.9 Å². The Bertz CT molecular complexity index is 2740. The summed E-state index contributed by atoms with van der Waals surface area (Å²) in [7, 11) is 0. The van der Waals surface area contributed by atoms with Gasteiger partial charge in [0.05, 0.1) is 28.1 Å². The molecule has 2 aliphatic carbocycles. The molecule has 384 valence electrons. The topological polar surface area (TPSA) is 244 Å². The molecule has 4 aromatic carbocycles. The first kappa shape index (κ1) is 51.7. The van der Waals surface area contributed by atoms with E-state index in [1.807, 2.05) is 12.1 Å². The van der Waals surface area contributed by atoms with Crippen LogP contribution in [-0.4, -0.2) is 87.7 Å². The third-order valence-electron chi connectivity index (χ3n) is 13.7. The van der Waals surface area contributed by atoms with Gasteiger partial charge < -0.3 is 49.0 Å². The number of hydrogen-bond donors (Lipinski definition) is 3. The summed E-state index contributed by atoms with van der Waals surface area (Å²) < 4.78 is 31.7. The average Bonchev–Trinajstić information content (AvgIpc) is 3.86. The van der Waals surface area contributed by atoms with Gasteiger partial charge >= 0.3 is 6.09 Å². The number of benzene rings is 4. The van der Waals surface area contributed by atoms with Gasteiger partial charge in [-0.25, -0.2) is 4.79 Å². The van der Waals surface area contributed by atoms with Gasteiger partial charge in [-0.3, -0.25) is 25.0 Å². The number of aliphatic hydroxyl groups excluding tert-OH is 2. The summed E-state index contributed by atoms with van der Waals surface area (Å²) in [4.78, 5) is 58.1. The van der Waals surface area contributed by atoms with Crippen molar-refractivity contribution in [3.05, 3.63) is 158 Å². The van der Waals surface area contributed by atoms with Crippen molar-refractivity contribution in [2.45, 2.75) is 82.8 Å². The highest BCUT2D eigenvalue weighted by atomic mass is 16.7. The van der Waals surface area contributed by atoms with Gasteiger partial charge in [-0.2, -0.15) is 0 Å². The Morgan fingerprint density at radius 3 is 2.27 bits per heavy atom. The number of aliphatic hydroxyl groups is 2. The summed E-state index contributed by atoms with van der Waals surface area (Å²) in [6.45, 7) is 6.12. The van der Waals surface area contributed by atoms with Gasteiger partial charge in [0.15, 0.2) is 11.5 Å². The van der Waals surface area contributed by atoms with Crippen LogP contribution >= 0.6 is 0 Å². The lowest BCUT2D eigenvalue weighted by Gasteiger charge is -2.60. The molecule has 0 aromatic heterocycles. The number of unbranched alkanes of at least 4 members (excludes halogenated alkanes) is 2. The largest absolute Gasteiger partial charge is 0.459 e. The van der Waals surface area contributed by atoms with E-state index >= 15 is 4.79 Å². The van der Waals surface area contributed by atoms with Gasteiger partial charge in [0.1, 0.15) is 24.1 Å². The van der Waals surface area contributed by atoms with Crippen molar-refractivity contribution < 1.29 is 58.2 Å². The summed E-state index contributed by atoms with van der Waals surface area (Å²) in [6, 6.07) is 21.4. The molecule has 0 bridgehead atoms. The van der Waals surface area contributed by atoms with E-state index in [1.54, 1.807) is 72.5 Å². The zero-order valence-electron chi connectivity index (χ0n) is 40.5. The molecular formula is C54H59N5O14. The van der Waals surface area contributed by atoms with Crippen LogP contribution in [0.3, 0.4) is 0 Å². The molecule has 4 aromatic rings. The second kappa shape index (κ2) is 23.7. The van der Waals surface area contributed by atoms with Crippen molar-refractivity contribution in [2.75, 3.05) is 33.2 Å². The van der Waals surface area contributed by atoms with Gasteiger partial charge in [0.2, 0.25) is 18.5 Å². The van der Waals surface area contributed by atoms with E-state index in [4.69, 9.17) is 33.7 Å². The maximum Gasteiger partial charge on any atom is 0.412 e. The Morgan fingerprint density at radius 2 is 1.58 bits per heavy atom. The normalized spacial score (nSPS) is 21.8. The summed E-state index contributed by atoms with van der Waals surface area (Å²) in [6.07, 6.45) is 10.00. The van der Waals surface area contributed by atoms with E-state index in [2.05, 4.69) is 18.0 Å². The standard InChI is InChI=1S/C54H59N5O14/c1-3-27-70-54-49(57(32-37-15-22-47-48(28-37)69-34-68-47)50(62)24-16-35-11-17-39(18-12-35)58(64)65)31-45(56-71-33-36-13-19-40(20-14-36)59(66)67)43-29-38(9-5-7-25-60)42(10-6-8-26-61)51(52(43)54)44-30-41(21-23-46(44)73-54)72-53(63)55-4-2/h3,11-24,28-30,38,42,49,51-52,60-61H,1,4-10,25-27,31-34H2,2H3,(H,55,63). The number of carbonyl (C=O) groups excluding carboxylic acids is 2. The van der Waals surface area contributed by atoms with E-state index in [0.29, 0.717) is 84.7 Å². The summed E-state index contributed by atoms with van der Waals surface area (Å²) in [5.74, 6) is -1.80. The first-order valence-electron chi connectivity index (χ1n) is 24.5. The lowest BCUT2D eigenvalue weighted by atomic mass is 9.55. The van der Waals surface area contributed by atoms with E-state index in [1.165, 1.54) is 30.3 Å². The highest BCUT2D eigenvalue weighted by Crippen LogP contribution is 2.62. The number of amides is 2. The Morgan fingerprint density at radius 1 is 0.890 bits per heavy atom. The summed E-state index contributed by atoms with van der Waals surface area (Å²) in [5.41, 5.74) is 3.63. The number of nitro groups is 2. The minimum Gasteiger partial charge on any atom is -0.459 e. The molecule has 0 spiro atoms. The van der Waals surface area contributed by atoms with Gasteiger partial charge in [-0.05, 0) is 127 Å². The number of ether oxygens (including phenoxy) is 5. The summed E-state index contributed by atoms with van der Waals surface area (Å²) in [5, 5.41) is 50.6. The number of fused-ring (bicyclic) bond motifs is 3. The molecule has 2 heterocycles. The molecule has 8 rings (SSSR count). The van der Waals surface area contributed by atoms with Gasteiger partial charge in [-0.15, -0.1) is 6.58 Å². The molecule has 73 heavy (non-hydrogen) atoms. The Balaban J connectivity index is 1.34. The van der Waals surface area contributed by atoms with Crippen LogP contribution in [0.5, 0.6) is 23.0 Å². The van der Waals surface area contributed by atoms with E-state index in [0.717, 1.165) is 11.1 Å².